The monoisotopic (exact) mass is 247 g/mol. The summed E-state index contributed by atoms with van der Waals surface area (Å²) in [6.45, 7) is 0.438. The summed E-state index contributed by atoms with van der Waals surface area (Å²) in [6.07, 6.45) is 0.0940. The Morgan fingerprint density at radius 3 is 2.60 bits per heavy atom. The van der Waals surface area contributed by atoms with Crippen LogP contribution < -0.4 is 4.90 Å². The number of aliphatic carboxylic acids is 1. The molecule has 0 radical (unpaired) electrons. The Hall–Kier alpha value is -0.930. The summed E-state index contributed by atoms with van der Waals surface area (Å²) in [5.74, 6) is -0.818. The van der Waals surface area contributed by atoms with Gasteiger partial charge in [-0.05, 0) is 18.2 Å². The van der Waals surface area contributed by atoms with E-state index in [2.05, 4.69) is 0 Å². The smallest absolute Gasteiger partial charge is 0.305 e. The van der Waals surface area contributed by atoms with Crippen LogP contribution in [0, 0.1) is 0 Å². The third-order valence-corrected chi connectivity index (χ3v) is 2.74. The Morgan fingerprint density at radius 1 is 1.40 bits per heavy atom. The molecule has 1 aromatic rings. The van der Waals surface area contributed by atoms with Gasteiger partial charge in [-0.15, -0.1) is 0 Å². The molecule has 0 amide bonds. The fourth-order valence-electron chi connectivity index (χ4n) is 1.11. The fourth-order valence-corrected chi connectivity index (χ4v) is 1.41. The molecule has 0 aliphatic heterocycles. The highest BCUT2D eigenvalue weighted by molar-refractivity contribution is 6.42. The lowest BCUT2D eigenvalue weighted by Crippen LogP contribution is -2.20. The zero-order chi connectivity index (χ0) is 11.4. The predicted octanol–water partition coefficient (Wildman–Crippen LogP) is 2.90. The van der Waals surface area contributed by atoms with Gasteiger partial charge in [0.25, 0.3) is 0 Å². The second-order valence-corrected chi connectivity index (χ2v) is 3.98. The van der Waals surface area contributed by atoms with E-state index in [0.717, 1.165) is 5.69 Å². The molecule has 0 unspecified atom stereocenters. The van der Waals surface area contributed by atoms with E-state index in [1.54, 1.807) is 18.2 Å². The lowest BCUT2D eigenvalue weighted by Gasteiger charge is -2.18. The molecule has 0 heterocycles. The van der Waals surface area contributed by atoms with Crippen molar-refractivity contribution in [2.75, 3.05) is 18.5 Å². The first kappa shape index (κ1) is 12.1. The number of benzene rings is 1. The van der Waals surface area contributed by atoms with Crippen LogP contribution in [0.25, 0.3) is 0 Å². The molecule has 0 saturated carbocycles. The summed E-state index contributed by atoms with van der Waals surface area (Å²) in [5.41, 5.74) is 0.852. The van der Waals surface area contributed by atoms with Gasteiger partial charge in [0.1, 0.15) is 0 Å². The summed E-state index contributed by atoms with van der Waals surface area (Å²) in [6, 6.07) is 5.21. The van der Waals surface area contributed by atoms with Gasteiger partial charge in [0.2, 0.25) is 0 Å². The fraction of sp³-hybridized carbons (Fsp3) is 0.300. The number of carboxylic acids is 1. The number of carbonyl (C=O) groups is 1. The maximum atomic E-state index is 10.4. The van der Waals surface area contributed by atoms with Crippen molar-refractivity contribution < 1.29 is 9.90 Å². The molecule has 1 N–H and O–H groups in total. The molecule has 0 aliphatic carbocycles. The van der Waals surface area contributed by atoms with E-state index in [-0.39, 0.29) is 6.42 Å². The van der Waals surface area contributed by atoms with Crippen LogP contribution in [0.2, 0.25) is 10.0 Å². The number of halogens is 2. The average molecular weight is 248 g/mol. The number of anilines is 1. The SMILES string of the molecule is CN(CCC(=O)O)c1ccc(Cl)c(Cl)c1. The van der Waals surface area contributed by atoms with E-state index in [1.165, 1.54) is 0 Å². The molecule has 15 heavy (non-hydrogen) atoms. The minimum absolute atomic E-state index is 0.0940. The average Bonchev–Trinajstić information content (AvgIpc) is 2.18. The van der Waals surface area contributed by atoms with Gasteiger partial charge >= 0.3 is 5.97 Å². The quantitative estimate of drug-likeness (QED) is 0.890. The van der Waals surface area contributed by atoms with Gasteiger partial charge in [-0.2, -0.15) is 0 Å². The van der Waals surface area contributed by atoms with Gasteiger partial charge in [0.15, 0.2) is 0 Å². The predicted molar refractivity (Wildman–Crippen MR) is 62.0 cm³/mol. The van der Waals surface area contributed by atoms with Gasteiger partial charge in [-0.25, -0.2) is 0 Å². The summed E-state index contributed by atoms with van der Waals surface area (Å²) in [5, 5.41) is 9.50. The highest BCUT2D eigenvalue weighted by Gasteiger charge is 2.05. The molecule has 3 nitrogen and oxygen atoms in total. The third kappa shape index (κ3) is 3.61. The first-order valence-electron chi connectivity index (χ1n) is 4.38. The summed E-state index contributed by atoms with van der Waals surface area (Å²) < 4.78 is 0. The van der Waals surface area contributed by atoms with Crippen molar-refractivity contribution in [3.63, 3.8) is 0 Å². The van der Waals surface area contributed by atoms with Gasteiger partial charge < -0.3 is 10.0 Å². The number of carboxylic acid groups (broad SMARTS) is 1. The second-order valence-electron chi connectivity index (χ2n) is 3.16. The standard InChI is InChI=1S/C10H11Cl2NO2/c1-13(5-4-10(14)15)7-2-3-8(11)9(12)6-7/h2-3,6H,4-5H2,1H3,(H,14,15). The van der Waals surface area contributed by atoms with Crippen LogP contribution in [0.4, 0.5) is 5.69 Å². The molecule has 1 aromatic carbocycles. The topological polar surface area (TPSA) is 40.5 Å². The van der Waals surface area contributed by atoms with Crippen molar-refractivity contribution in [1.82, 2.24) is 0 Å². The molecule has 0 spiro atoms. The van der Waals surface area contributed by atoms with Gasteiger partial charge in [0, 0.05) is 19.3 Å². The van der Waals surface area contributed by atoms with Crippen LogP contribution in [-0.4, -0.2) is 24.7 Å². The van der Waals surface area contributed by atoms with Crippen molar-refractivity contribution in [2.24, 2.45) is 0 Å². The largest absolute Gasteiger partial charge is 0.481 e. The lowest BCUT2D eigenvalue weighted by molar-refractivity contribution is -0.136. The number of rotatable bonds is 4. The van der Waals surface area contributed by atoms with Crippen LogP contribution in [-0.2, 0) is 4.79 Å². The van der Waals surface area contributed by atoms with Gasteiger partial charge in [0.05, 0.1) is 16.5 Å². The van der Waals surface area contributed by atoms with E-state index in [9.17, 15) is 4.79 Å². The van der Waals surface area contributed by atoms with E-state index in [0.29, 0.717) is 16.6 Å². The minimum atomic E-state index is -0.818. The van der Waals surface area contributed by atoms with E-state index >= 15 is 0 Å². The third-order valence-electron chi connectivity index (χ3n) is 2.01. The molecule has 82 valence electrons. The molecular weight excluding hydrogens is 237 g/mol. The van der Waals surface area contributed by atoms with Crippen molar-refractivity contribution in [1.29, 1.82) is 0 Å². The molecule has 1 rings (SSSR count). The molecule has 0 fully saturated rings. The van der Waals surface area contributed by atoms with Crippen LogP contribution in [0.1, 0.15) is 6.42 Å². The summed E-state index contributed by atoms with van der Waals surface area (Å²) in [4.78, 5) is 12.2. The Labute approximate surface area is 98.2 Å². The lowest BCUT2D eigenvalue weighted by atomic mass is 10.3. The highest BCUT2D eigenvalue weighted by atomic mass is 35.5. The van der Waals surface area contributed by atoms with Gasteiger partial charge in [-0.1, -0.05) is 23.2 Å². The van der Waals surface area contributed by atoms with E-state index < -0.39 is 5.97 Å². The first-order chi connectivity index (χ1) is 7.00. The van der Waals surface area contributed by atoms with Crippen molar-refractivity contribution >= 4 is 34.9 Å². The number of nitrogens with zero attached hydrogens (tertiary/aromatic N) is 1. The molecule has 0 aliphatic rings. The molecule has 0 saturated heterocycles. The highest BCUT2D eigenvalue weighted by Crippen LogP contribution is 2.26. The summed E-state index contributed by atoms with van der Waals surface area (Å²) >= 11 is 11.6. The normalized spacial score (nSPS) is 10.1. The minimum Gasteiger partial charge on any atom is -0.481 e. The molecular formula is C10H11Cl2NO2. The maximum Gasteiger partial charge on any atom is 0.305 e. The zero-order valence-corrected chi connectivity index (χ0v) is 9.72. The second kappa shape index (κ2) is 5.24. The van der Waals surface area contributed by atoms with Crippen molar-refractivity contribution in [3.05, 3.63) is 28.2 Å². The number of hydrogen-bond acceptors (Lipinski definition) is 2. The number of hydrogen-bond donors (Lipinski definition) is 1. The van der Waals surface area contributed by atoms with Crippen LogP contribution in [0.15, 0.2) is 18.2 Å². The molecule has 0 atom stereocenters. The van der Waals surface area contributed by atoms with Crippen LogP contribution >= 0.6 is 23.2 Å². The Morgan fingerprint density at radius 2 is 2.07 bits per heavy atom. The van der Waals surface area contributed by atoms with E-state index in [1.807, 2.05) is 11.9 Å². The van der Waals surface area contributed by atoms with Gasteiger partial charge in [-0.3, -0.25) is 4.79 Å². The Kier molecular flexibility index (Phi) is 4.24. The summed E-state index contributed by atoms with van der Waals surface area (Å²) in [7, 11) is 1.81. The molecule has 0 bridgehead atoms. The van der Waals surface area contributed by atoms with Crippen LogP contribution in [0.3, 0.4) is 0 Å². The first-order valence-corrected chi connectivity index (χ1v) is 5.14. The molecule has 5 heteroatoms. The Balaban J connectivity index is 2.69. The van der Waals surface area contributed by atoms with Crippen molar-refractivity contribution in [3.8, 4) is 0 Å². The zero-order valence-electron chi connectivity index (χ0n) is 8.20. The molecule has 0 aromatic heterocycles. The maximum absolute atomic E-state index is 10.4. The van der Waals surface area contributed by atoms with E-state index in [4.69, 9.17) is 28.3 Å². The van der Waals surface area contributed by atoms with Crippen molar-refractivity contribution in [2.45, 2.75) is 6.42 Å². The van der Waals surface area contributed by atoms with Crippen LogP contribution in [0.5, 0.6) is 0 Å². The Bertz CT molecular complexity index is 368.